The Bertz CT molecular complexity index is 3860. The molecule has 80 heavy (non-hydrogen) atoms. The Balaban J connectivity index is 1.14. The summed E-state index contributed by atoms with van der Waals surface area (Å²) in [6, 6.07) is 75.8. The van der Waals surface area contributed by atoms with E-state index in [1.165, 1.54) is 100 Å². The average molecular weight is 1040 g/mol. The molecule has 12 rings (SSSR count). The molecule has 3 aliphatic rings. The van der Waals surface area contributed by atoms with Gasteiger partial charge in [-0.1, -0.05) is 227 Å². The van der Waals surface area contributed by atoms with Crippen LogP contribution in [0.4, 0.5) is 45.5 Å². The van der Waals surface area contributed by atoms with E-state index in [4.69, 9.17) is 0 Å². The molecule has 0 radical (unpaired) electrons. The highest BCUT2D eigenvalue weighted by Crippen LogP contribution is 2.49. The maximum absolute atomic E-state index is 2.63. The minimum Gasteiger partial charge on any atom is -0.312 e. The number of fused-ring (bicyclic) bond motifs is 4. The van der Waals surface area contributed by atoms with E-state index in [2.05, 4.69) is 309 Å². The Morgan fingerprint density at radius 3 is 1.85 bits per heavy atom. The van der Waals surface area contributed by atoms with Gasteiger partial charge in [-0.3, -0.25) is 0 Å². The first-order valence-corrected chi connectivity index (χ1v) is 29.2. The zero-order valence-corrected chi connectivity index (χ0v) is 48.9. The second kappa shape index (κ2) is 20.5. The molecular formula is C76H76BN3. The Hall–Kier alpha value is -8.08. The van der Waals surface area contributed by atoms with Gasteiger partial charge in [0, 0.05) is 51.1 Å². The zero-order valence-electron chi connectivity index (χ0n) is 48.9. The van der Waals surface area contributed by atoms with E-state index in [-0.39, 0.29) is 23.0 Å². The molecule has 9 aromatic carbocycles. The lowest BCUT2D eigenvalue weighted by molar-refractivity contribution is 0.293. The van der Waals surface area contributed by atoms with Crippen LogP contribution in [-0.4, -0.2) is 6.71 Å². The van der Waals surface area contributed by atoms with E-state index in [0.717, 1.165) is 42.0 Å². The summed E-state index contributed by atoms with van der Waals surface area (Å²) in [5, 5.41) is 0. The third-order valence-corrected chi connectivity index (χ3v) is 17.2. The maximum atomic E-state index is 2.63. The number of aryl methyl sites for hydroxylation is 2. The Kier molecular flexibility index (Phi) is 13.5. The van der Waals surface area contributed by atoms with Crippen LogP contribution in [0.1, 0.15) is 104 Å². The summed E-state index contributed by atoms with van der Waals surface area (Å²) in [7, 11) is 0. The first-order chi connectivity index (χ1) is 38.5. The van der Waals surface area contributed by atoms with Gasteiger partial charge in [-0.2, -0.15) is 0 Å². The van der Waals surface area contributed by atoms with Crippen molar-refractivity contribution >= 4 is 68.6 Å². The van der Waals surface area contributed by atoms with Gasteiger partial charge in [0.1, 0.15) is 0 Å². The van der Waals surface area contributed by atoms with Crippen molar-refractivity contribution in [2.24, 2.45) is 11.3 Å². The lowest BCUT2D eigenvalue weighted by Crippen LogP contribution is -2.62. The fourth-order valence-corrected chi connectivity index (χ4v) is 12.7. The summed E-state index contributed by atoms with van der Waals surface area (Å²) in [6.45, 7) is 25.8. The molecule has 2 aliphatic heterocycles. The molecule has 1 aliphatic carbocycles. The number of allylic oxidation sites excluding steroid dienone is 3. The lowest BCUT2D eigenvalue weighted by atomic mass is 9.33. The van der Waals surface area contributed by atoms with Crippen molar-refractivity contribution < 1.29 is 0 Å². The highest BCUT2D eigenvalue weighted by Gasteiger charge is 2.45. The van der Waals surface area contributed by atoms with Crippen molar-refractivity contribution in [2.75, 3.05) is 14.7 Å². The fraction of sp³-hybridized carbons (Fsp3) is 0.237. The van der Waals surface area contributed by atoms with Gasteiger partial charge in [0.25, 0.3) is 6.71 Å². The number of anilines is 8. The van der Waals surface area contributed by atoms with Crippen molar-refractivity contribution in [1.29, 1.82) is 0 Å². The standard InChI is InChI=1S/C76H76BN3/c1-12-24-55-45-54(35-42-64(55)63-32-20-19-25-51(63)2)53-28-23-31-61(46-53)80-70-50-62(78(59-29-17-14-18-30-59)68-34-22-21-33-65(68)52-26-15-13-16-27-52)41-43-66(70)77-67-47-57(75(6,7)8)38-44-69(67)79(60-39-36-56(37-40-60)74(3,4)5)71-48-58(76(9,10)11)49-72(80)73(71)77/h13-23,25-36,38-50,56H,12,24,37H2,1-11H3. The minimum atomic E-state index is -0.160. The molecule has 4 heteroatoms. The summed E-state index contributed by atoms with van der Waals surface area (Å²) in [5.74, 6) is 0.456. The molecule has 9 aromatic rings. The van der Waals surface area contributed by atoms with Crippen LogP contribution in [0.25, 0.3) is 33.4 Å². The van der Waals surface area contributed by atoms with E-state index >= 15 is 0 Å². The average Bonchev–Trinajstić information content (AvgIpc) is 1.84. The summed E-state index contributed by atoms with van der Waals surface area (Å²) < 4.78 is 0. The van der Waals surface area contributed by atoms with Crippen LogP contribution >= 0.6 is 0 Å². The maximum Gasteiger partial charge on any atom is 0.252 e. The van der Waals surface area contributed by atoms with Crippen LogP contribution in [-0.2, 0) is 17.3 Å². The highest BCUT2D eigenvalue weighted by atomic mass is 15.2. The first kappa shape index (κ1) is 52.6. The van der Waals surface area contributed by atoms with Crippen LogP contribution < -0.4 is 31.1 Å². The molecule has 3 nitrogen and oxygen atoms in total. The fourth-order valence-electron chi connectivity index (χ4n) is 12.7. The van der Waals surface area contributed by atoms with Gasteiger partial charge in [0.05, 0.1) is 5.69 Å². The number of rotatable bonds is 10. The second-order valence-electron chi connectivity index (χ2n) is 25.8. The summed E-state index contributed by atoms with van der Waals surface area (Å²) in [6.07, 6.45) is 10.5. The predicted octanol–water partition coefficient (Wildman–Crippen LogP) is 19.3. The van der Waals surface area contributed by atoms with Crippen molar-refractivity contribution in [3.05, 3.63) is 246 Å². The molecule has 0 aromatic heterocycles. The van der Waals surface area contributed by atoms with Gasteiger partial charge in [-0.05, 0) is 175 Å². The topological polar surface area (TPSA) is 9.72 Å². The Morgan fingerprint density at radius 1 is 0.500 bits per heavy atom. The van der Waals surface area contributed by atoms with Gasteiger partial charge in [0.15, 0.2) is 0 Å². The summed E-state index contributed by atoms with van der Waals surface area (Å²) >= 11 is 0. The molecule has 0 amide bonds. The number of hydrogen-bond acceptors (Lipinski definition) is 3. The summed E-state index contributed by atoms with van der Waals surface area (Å²) in [4.78, 5) is 7.72. The number of benzene rings is 9. The second-order valence-corrected chi connectivity index (χ2v) is 25.8. The van der Waals surface area contributed by atoms with E-state index in [9.17, 15) is 0 Å². The van der Waals surface area contributed by atoms with Crippen LogP contribution in [0, 0.1) is 18.3 Å². The van der Waals surface area contributed by atoms with Crippen LogP contribution in [0.15, 0.2) is 224 Å². The quantitative estimate of drug-likeness (QED) is 0.126. The van der Waals surface area contributed by atoms with Gasteiger partial charge >= 0.3 is 0 Å². The molecule has 0 saturated carbocycles. The van der Waals surface area contributed by atoms with Crippen LogP contribution in [0.2, 0.25) is 0 Å². The molecule has 1 atom stereocenters. The molecule has 0 spiro atoms. The largest absolute Gasteiger partial charge is 0.312 e. The lowest BCUT2D eigenvalue weighted by Gasteiger charge is -2.46. The molecule has 2 heterocycles. The van der Waals surface area contributed by atoms with Gasteiger partial charge in [-0.25, -0.2) is 0 Å². The van der Waals surface area contributed by atoms with Crippen molar-refractivity contribution in [1.82, 2.24) is 0 Å². The molecule has 0 fully saturated rings. The van der Waals surface area contributed by atoms with Gasteiger partial charge in [-0.15, -0.1) is 0 Å². The van der Waals surface area contributed by atoms with Crippen LogP contribution in [0.3, 0.4) is 0 Å². The third kappa shape index (κ3) is 9.61. The molecule has 0 saturated heterocycles. The van der Waals surface area contributed by atoms with Crippen molar-refractivity contribution in [3.63, 3.8) is 0 Å². The number of nitrogens with zero attached hydrogens (tertiary/aromatic N) is 3. The molecule has 0 bridgehead atoms. The van der Waals surface area contributed by atoms with Crippen molar-refractivity contribution in [3.8, 4) is 33.4 Å². The Morgan fingerprint density at radius 2 is 1.16 bits per heavy atom. The third-order valence-electron chi connectivity index (χ3n) is 17.2. The molecule has 1 unspecified atom stereocenters. The Labute approximate surface area is 478 Å². The molecular weight excluding hydrogens is 966 g/mol. The summed E-state index contributed by atoms with van der Waals surface area (Å²) in [5.41, 5.74) is 27.3. The normalized spacial score (nSPS) is 14.8. The zero-order chi connectivity index (χ0) is 55.7. The first-order valence-electron chi connectivity index (χ1n) is 29.2. The minimum absolute atomic E-state index is 0.0473. The number of para-hydroxylation sites is 2. The highest BCUT2D eigenvalue weighted by molar-refractivity contribution is 7.00. The monoisotopic (exact) mass is 1040 g/mol. The van der Waals surface area contributed by atoms with E-state index in [0.29, 0.717) is 5.92 Å². The van der Waals surface area contributed by atoms with E-state index in [1.54, 1.807) is 0 Å². The van der Waals surface area contributed by atoms with E-state index in [1.807, 2.05) is 0 Å². The smallest absolute Gasteiger partial charge is 0.252 e. The predicted molar refractivity (Wildman–Crippen MR) is 346 cm³/mol. The van der Waals surface area contributed by atoms with Crippen molar-refractivity contribution in [2.45, 2.75) is 106 Å². The van der Waals surface area contributed by atoms with Gasteiger partial charge < -0.3 is 14.7 Å². The van der Waals surface area contributed by atoms with Crippen LogP contribution in [0.5, 0.6) is 0 Å². The van der Waals surface area contributed by atoms with Gasteiger partial charge in [0.2, 0.25) is 0 Å². The van der Waals surface area contributed by atoms with E-state index < -0.39 is 0 Å². The SMILES string of the molecule is CCCc1cc(-c2cccc(N3c4cc(N(c5ccccc5)c5ccccc5-c5ccccc5)ccc4B4c5cc(C(C)(C)C)ccc5N(C5=CCC(C(C)(C)C)C=C5)c5cc(C(C)(C)C)cc3c54)c2)ccc1-c1ccccc1C. The number of hydrogen-bond donors (Lipinski definition) is 0. The molecule has 0 N–H and O–H groups in total. The molecule has 398 valence electrons.